The fourth-order valence-electron chi connectivity index (χ4n) is 14.0. The van der Waals surface area contributed by atoms with Crippen LogP contribution >= 0.6 is 0 Å². The minimum atomic E-state index is -0.726. The molecule has 0 spiro atoms. The molecular weight excluding hydrogens is 967 g/mol. The third kappa shape index (κ3) is 7.40. The molecule has 0 amide bonds. The van der Waals surface area contributed by atoms with Crippen LogP contribution < -0.4 is 14.7 Å². The predicted molar refractivity (Wildman–Crippen MR) is 336 cm³/mol. The number of anilines is 9. The lowest BCUT2D eigenvalue weighted by molar-refractivity contribution is 0.660. The maximum Gasteiger partial charge on any atom is 0.0742 e. The van der Waals surface area contributed by atoms with Gasteiger partial charge in [0.25, 0.3) is 0 Å². The first-order chi connectivity index (χ1) is 38.8. The summed E-state index contributed by atoms with van der Waals surface area (Å²) < 4.78 is 0. The highest BCUT2D eigenvalue weighted by Crippen LogP contribution is 2.59. The van der Waals surface area contributed by atoms with Crippen molar-refractivity contribution in [2.45, 2.75) is 71.6 Å². The van der Waals surface area contributed by atoms with Crippen LogP contribution in [-0.2, 0) is 16.2 Å². The van der Waals surface area contributed by atoms with Gasteiger partial charge >= 0.3 is 0 Å². The van der Waals surface area contributed by atoms with Crippen molar-refractivity contribution in [3.63, 3.8) is 0 Å². The van der Waals surface area contributed by atoms with Gasteiger partial charge in [-0.2, -0.15) is 0 Å². The molecule has 1 heterocycles. The molecule has 0 aromatic heterocycles. The Morgan fingerprint density at radius 2 is 0.662 bits per heavy atom. The van der Waals surface area contributed by atoms with Crippen molar-refractivity contribution in [1.29, 1.82) is 0 Å². The van der Waals surface area contributed by atoms with Gasteiger partial charge in [0, 0.05) is 50.6 Å². The van der Waals surface area contributed by atoms with Crippen LogP contribution in [0, 0.1) is 27.7 Å². The van der Waals surface area contributed by atoms with Crippen LogP contribution in [0.2, 0.25) is 0 Å². The van der Waals surface area contributed by atoms with Crippen molar-refractivity contribution in [1.82, 2.24) is 0 Å². The Bertz CT molecular complexity index is 3980. The van der Waals surface area contributed by atoms with Crippen molar-refractivity contribution in [2.75, 3.05) is 14.7 Å². The van der Waals surface area contributed by atoms with Gasteiger partial charge in [-0.3, -0.25) is 0 Å². The lowest BCUT2D eigenvalue weighted by Gasteiger charge is -2.46. The number of nitrogens with zero attached hydrogens (tertiary/aromatic N) is 3. The molecule has 1 aliphatic heterocycles. The van der Waals surface area contributed by atoms with Crippen LogP contribution in [0.15, 0.2) is 249 Å². The second-order valence-electron chi connectivity index (χ2n) is 23.6. The summed E-state index contributed by atoms with van der Waals surface area (Å²) in [5.41, 5.74) is 29.8. The molecule has 0 saturated heterocycles. The van der Waals surface area contributed by atoms with E-state index < -0.39 is 5.41 Å². The standard InChI is InChI=1S/C77H65N3/c1-50-30-32-52(3)73(46-50)78(59-42-44-63-61-22-12-14-24-65(61)75(5,6)69(63)48-59)57-38-34-54(35-39-57)77(67-26-16-18-28-71(67)80(56-20-10-9-11-21-56)72-29-19-17-27-68(72)77)55-36-40-58(41-37-55)79(74-47-51(2)31-33-53(74)4)60-43-45-64-62-23-13-15-25-66(62)76(7,8)70(64)49-60/h9-49H,1-8H3. The molecular formula is C77H65N3. The Balaban J connectivity index is 0.966. The van der Waals surface area contributed by atoms with E-state index in [0.29, 0.717) is 0 Å². The zero-order valence-corrected chi connectivity index (χ0v) is 47.0. The summed E-state index contributed by atoms with van der Waals surface area (Å²) in [6.45, 7) is 18.4. The van der Waals surface area contributed by atoms with Crippen LogP contribution in [-0.4, -0.2) is 0 Å². The molecule has 3 nitrogen and oxygen atoms in total. The summed E-state index contributed by atoms with van der Waals surface area (Å²) in [5, 5.41) is 0. The molecule has 0 fully saturated rings. The maximum atomic E-state index is 2.48. The fourth-order valence-corrected chi connectivity index (χ4v) is 14.0. The molecule has 80 heavy (non-hydrogen) atoms. The minimum absolute atomic E-state index is 0.142. The number of fused-ring (bicyclic) bond motifs is 8. The Morgan fingerprint density at radius 1 is 0.300 bits per heavy atom. The van der Waals surface area contributed by atoms with Gasteiger partial charge in [0.15, 0.2) is 0 Å². The van der Waals surface area contributed by atoms with Gasteiger partial charge in [0.2, 0.25) is 0 Å². The molecule has 2 aliphatic carbocycles. The molecule has 11 aromatic carbocycles. The van der Waals surface area contributed by atoms with Crippen molar-refractivity contribution < 1.29 is 0 Å². The summed E-state index contributed by atoms with van der Waals surface area (Å²) >= 11 is 0. The van der Waals surface area contributed by atoms with Gasteiger partial charge in [-0.05, 0) is 202 Å². The molecule has 0 radical (unpaired) electrons. The molecule has 11 aromatic rings. The highest BCUT2D eigenvalue weighted by molar-refractivity contribution is 5.92. The molecule has 3 aliphatic rings. The number of aryl methyl sites for hydroxylation is 4. The summed E-state index contributed by atoms with van der Waals surface area (Å²) in [4.78, 5) is 7.42. The first-order valence-electron chi connectivity index (χ1n) is 28.3. The third-order valence-electron chi connectivity index (χ3n) is 18.1. The Hall–Kier alpha value is -9.18. The summed E-state index contributed by atoms with van der Waals surface area (Å²) in [6, 6.07) is 93.9. The van der Waals surface area contributed by atoms with E-state index in [2.05, 4.69) is 319 Å². The van der Waals surface area contributed by atoms with E-state index in [0.717, 1.165) is 39.8 Å². The average molecular weight is 1030 g/mol. The van der Waals surface area contributed by atoms with Gasteiger partial charge < -0.3 is 14.7 Å². The van der Waals surface area contributed by atoms with E-state index >= 15 is 0 Å². The molecule has 3 heteroatoms. The third-order valence-corrected chi connectivity index (χ3v) is 18.1. The molecule has 0 saturated carbocycles. The van der Waals surface area contributed by atoms with Crippen LogP contribution in [0.3, 0.4) is 0 Å². The SMILES string of the molecule is Cc1ccc(C)c(N(c2ccc(C3(c4ccc(N(c5ccc6c(c5)C(C)(C)c5ccccc5-6)c5cc(C)ccc5C)cc4)c4ccccc4N(c4ccccc4)c4ccccc43)cc2)c2ccc3c(c2)C(C)(C)c2ccccc2-3)c1. The van der Waals surface area contributed by atoms with E-state index in [1.165, 1.54) is 100 Å². The van der Waals surface area contributed by atoms with Crippen molar-refractivity contribution in [3.8, 4) is 22.3 Å². The van der Waals surface area contributed by atoms with E-state index in [4.69, 9.17) is 0 Å². The van der Waals surface area contributed by atoms with E-state index in [9.17, 15) is 0 Å². The Morgan fingerprint density at radius 3 is 1.10 bits per heavy atom. The molecule has 0 atom stereocenters. The van der Waals surface area contributed by atoms with E-state index in [1.807, 2.05) is 0 Å². The van der Waals surface area contributed by atoms with Gasteiger partial charge in [-0.1, -0.05) is 191 Å². The fraction of sp³-hybridized carbons (Fsp3) is 0.143. The Labute approximate surface area is 472 Å². The van der Waals surface area contributed by atoms with E-state index in [-0.39, 0.29) is 10.8 Å². The largest absolute Gasteiger partial charge is 0.310 e. The minimum Gasteiger partial charge on any atom is -0.310 e. The summed E-state index contributed by atoms with van der Waals surface area (Å²) in [6.07, 6.45) is 0. The molecule has 14 rings (SSSR count). The van der Waals surface area contributed by atoms with Gasteiger partial charge in [0.1, 0.15) is 0 Å². The number of rotatable bonds is 9. The number of para-hydroxylation sites is 3. The highest BCUT2D eigenvalue weighted by Gasteiger charge is 2.47. The maximum absolute atomic E-state index is 2.48. The highest BCUT2D eigenvalue weighted by atomic mass is 15.2. The van der Waals surface area contributed by atoms with Crippen molar-refractivity contribution in [2.24, 2.45) is 0 Å². The Kier molecular flexibility index (Phi) is 11.3. The summed E-state index contributed by atoms with van der Waals surface area (Å²) in [7, 11) is 0. The molecule has 0 bridgehead atoms. The van der Waals surface area contributed by atoms with Crippen LogP contribution in [0.25, 0.3) is 22.3 Å². The zero-order chi connectivity index (χ0) is 54.7. The van der Waals surface area contributed by atoms with Crippen LogP contribution in [0.5, 0.6) is 0 Å². The van der Waals surface area contributed by atoms with Gasteiger partial charge in [0.05, 0.1) is 16.8 Å². The molecule has 0 unspecified atom stereocenters. The first kappa shape index (κ1) is 49.1. The van der Waals surface area contributed by atoms with Gasteiger partial charge in [-0.15, -0.1) is 0 Å². The number of hydrogen-bond acceptors (Lipinski definition) is 3. The van der Waals surface area contributed by atoms with E-state index in [1.54, 1.807) is 0 Å². The molecule has 0 N–H and O–H groups in total. The number of hydrogen-bond donors (Lipinski definition) is 0. The lowest BCUT2D eigenvalue weighted by Crippen LogP contribution is -2.37. The van der Waals surface area contributed by atoms with Crippen molar-refractivity contribution in [3.05, 3.63) is 315 Å². The second-order valence-corrected chi connectivity index (χ2v) is 23.6. The predicted octanol–water partition coefficient (Wildman–Crippen LogP) is 20.6. The van der Waals surface area contributed by atoms with Gasteiger partial charge in [-0.25, -0.2) is 0 Å². The van der Waals surface area contributed by atoms with Crippen molar-refractivity contribution >= 4 is 51.2 Å². The molecule has 388 valence electrons. The topological polar surface area (TPSA) is 9.72 Å². The first-order valence-corrected chi connectivity index (χ1v) is 28.3. The summed E-state index contributed by atoms with van der Waals surface area (Å²) in [5.74, 6) is 0. The van der Waals surface area contributed by atoms with Crippen LogP contribution in [0.4, 0.5) is 51.2 Å². The monoisotopic (exact) mass is 1030 g/mol. The lowest BCUT2D eigenvalue weighted by atomic mass is 9.62. The quantitative estimate of drug-likeness (QED) is 0.143. The normalized spacial score (nSPS) is 14.5. The average Bonchev–Trinajstić information content (AvgIpc) is 3.95. The number of benzene rings is 11. The van der Waals surface area contributed by atoms with Crippen LogP contribution in [0.1, 0.15) is 94.5 Å². The second kappa shape index (κ2) is 18.5. The smallest absolute Gasteiger partial charge is 0.0742 e. The zero-order valence-electron chi connectivity index (χ0n) is 47.0.